The van der Waals surface area contributed by atoms with Gasteiger partial charge in [-0.25, -0.2) is 0 Å². The van der Waals surface area contributed by atoms with Crippen molar-refractivity contribution in [3.63, 3.8) is 0 Å². The average Bonchev–Trinajstić information content (AvgIpc) is 3.64. The lowest BCUT2D eigenvalue weighted by molar-refractivity contribution is -0.145. The highest BCUT2D eigenvalue weighted by Gasteiger charge is 2.38. The highest BCUT2D eigenvalue weighted by atomic mass is 16.2. The van der Waals surface area contributed by atoms with Gasteiger partial charge in [-0.05, 0) is 80.4 Å². The molecule has 1 atom stereocenters. The standard InChI is InChI=1S/C50H69N5O4/c1-8-9-10-11-22-37-53-48(59)42(55-46(57)33-34-47(55)58)29-21-24-36-52-45(56)32-16-13-23-35-51-43(49(3,4)39-26-18-17-25-38(39)2)30-14-12-15-31-44-50(5,6)40-27-19-20-28-41(40)54(44)7/h12,14-15,17-20,25-28,30-31,33-34,42H,8-11,13,16,21-24,29,32,35-37H2,1-7H3,(H,52,56)(H,53,59)/b15-12+,30-14+,44-31-,51-43+. The maximum absolute atomic E-state index is 13.0. The van der Waals surface area contributed by atoms with E-state index in [-0.39, 0.29) is 22.6 Å². The van der Waals surface area contributed by atoms with E-state index in [1.807, 2.05) is 0 Å². The van der Waals surface area contributed by atoms with E-state index >= 15 is 0 Å². The Bertz CT molecular complexity index is 1880. The zero-order valence-corrected chi connectivity index (χ0v) is 36.8. The number of likely N-dealkylation sites (N-methyl/N-ethyl adjacent to an activating group) is 1. The number of carbonyl (C=O) groups is 4. The summed E-state index contributed by atoms with van der Waals surface area (Å²) in [6.45, 7) is 15.0. The van der Waals surface area contributed by atoms with Gasteiger partial charge in [-0.2, -0.15) is 0 Å². The highest BCUT2D eigenvalue weighted by Crippen LogP contribution is 2.46. The smallest absolute Gasteiger partial charge is 0.254 e. The van der Waals surface area contributed by atoms with Gasteiger partial charge in [-0.3, -0.25) is 29.1 Å². The van der Waals surface area contributed by atoms with Crippen molar-refractivity contribution in [2.45, 2.75) is 135 Å². The summed E-state index contributed by atoms with van der Waals surface area (Å²) in [5.41, 5.74) is 6.98. The lowest BCUT2D eigenvalue weighted by Gasteiger charge is -2.28. The number of unbranched alkanes of at least 4 members (excludes halogenated alkanes) is 7. The molecule has 2 aliphatic rings. The van der Waals surface area contributed by atoms with Gasteiger partial charge in [0.15, 0.2) is 0 Å². The van der Waals surface area contributed by atoms with Crippen LogP contribution >= 0.6 is 0 Å². The zero-order valence-electron chi connectivity index (χ0n) is 36.8. The van der Waals surface area contributed by atoms with E-state index in [1.165, 1.54) is 46.6 Å². The normalized spacial score (nSPS) is 16.5. The number of anilines is 1. The van der Waals surface area contributed by atoms with E-state index in [1.54, 1.807) is 0 Å². The molecule has 59 heavy (non-hydrogen) atoms. The van der Waals surface area contributed by atoms with Gasteiger partial charge >= 0.3 is 0 Å². The van der Waals surface area contributed by atoms with Crippen LogP contribution in [0.25, 0.3) is 0 Å². The number of carbonyl (C=O) groups excluding carboxylic acids is 4. The van der Waals surface area contributed by atoms with Crippen LogP contribution in [0.2, 0.25) is 0 Å². The van der Waals surface area contributed by atoms with Crippen molar-refractivity contribution in [2.75, 3.05) is 31.6 Å². The minimum atomic E-state index is -0.845. The summed E-state index contributed by atoms with van der Waals surface area (Å²) < 4.78 is 0. The molecule has 0 bridgehead atoms. The van der Waals surface area contributed by atoms with Gasteiger partial charge in [-0.1, -0.05) is 127 Å². The number of benzene rings is 2. The molecule has 2 aromatic rings. The minimum Gasteiger partial charge on any atom is -0.356 e. The Morgan fingerprint density at radius 2 is 1.47 bits per heavy atom. The quantitative estimate of drug-likeness (QED) is 0.0476. The Hall–Kier alpha value is -5.05. The number of fused-ring (bicyclic) bond motifs is 1. The molecule has 0 radical (unpaired) electrons. The molecule has 0 saturated heterocycles. The first-order valence-corrected chi connectivity index (χ1v) is 21.9. The van der Waals surface area contributed by atoms with Crippen LogP contribution < -0.4 is 15.5 Å². The van der Waals surface area contributed by atoms with E-state index < -0.39 is 17.9 Å². The van der Waals surface area contributed by atoms with E-state index in [4.69, 9.17) is 4.99 Å². The van der Waals surface area contributed by atoms with Crippen molar-refractivity contribution in [3.05, 3.63) is 113 Å². The monoisotopic (exact) mass is 804 g/mol. The summed E-state index contributed by atoms with van der Waals surface area (Å²) >= 11 is 0. The number of aliphatic imine (C=N–C) groups is 1. The second-order valence-electron chi connectivity index (χ2n) is 17.0. The summed E-state index contributed by atoms with van der Waals surface area (Å²) in [5, 5.41) is 5.92. The van der Waals surface area contributed by atoms with Gasteiger partial charge in [0.05, 0.1) is 0 Å². The third kappa shape index (κ3) is 13.0. The van der Waals surface area contributed by atoms with Crippen molar-refractivity contribution >= 4 is 35.0 Å². The second-order valence-corrected chi connectivity index (χ2v) is 17.0. The molecule has 2 aliphatic heterocycles. The average molecular weight is 804 g/mol. The number of para-hydroxylation sites is 1. The van der Waals surface area contributed by atoms with Crippen molar-refractivity contribution < 1.29 is 19.2 Å². The SMILES string of the molecule is CCCCCCCNC(=O)C(CCCCNC(=O)CCCCC\N=C(/C=C/C=C/C=C1\N(C)c2ccccc2C1(C)C)C(C)(C)c1ccccc1C)N1C(=O)C=CC1=O. The van der Waals surface area contributed by atoms with Crippen LogP contribution in [0.1, 0.15) is 128 Å². The van der Waals surface area contributed by atoms with Crippen molar-refractivity contribution in [1.82, 2.24) is 15.5 Å². The first-order chi connectivity index (χ1) is 28.3. The van der Waals surface area contributed by atoms with E-state index in [0.29, 0.717) is 45.3 Å². The molecule has 0 saturated carbocycles. The summed E-state index contributed by atoms with van der Waals surface area (Å²) in [7, 11) is 2.13. The number of amides is 4. The van der Waals surface area contributed by atoms with Crippen LogP contribution in [-0.4, -0.2) is 67.0 Å². The topological polar surface area (TPSA) is 111 Å². The molecular formula is C50H69N5O4. The van der Waals surface area contributed by atoms with Crippen LogP contribution in [0.4, 0.5) is 5.69 Å². The number of imide groups is 1. The molecule has 0 aliphatic carbocycles. The maximum atomic E-state index is 13.0. The molecule has 2 aromatic carbocycles. The maximum Gasteiger partial charge on any atom is 0.254 e. The number of rotatable bonds is 24. The highest BCUT2D eigenvalue weighted by molar-refractivity contribution is 6.15. The first-order valence-electron chi connectivity index (χ1n) is 21.9. The lowest BCUT2D eigenvalue weighted by atomic mass is 9.77. The fraction of sp³-hybridized carbons (Fsp3) is 0.500. The predicted octanol–water partition coefficient (Wildman–Crippen LogP) is 9.36. The number of nitrogens with one attached hydrogen (secondary N) is 2. The van der Waals surface area contributed by atoms with Gasteiger partial charge < -0.3 is 15.5 Å². The molecule has 0 fully saturated rings. The number of aryl methyl sites for hydroxylation is 1. The Labute approximate surface area is 354 Å². The molecule has 4 amide bonds. The molecular weight excluding hydrogens is 735 g/mol. The Kier molecular flexibility index (Phi) is 18.1. The third-order valence-electron chi connectivity index (χ3n) is 11.7. The minimum absolute atomic E-state index is 0.00194. The molecule has 0 spiro atoms. The van der Waals surface area contributed by atoms with Crippen molar-refractivity contribution in [1.29, 1.82) is 0 Å². The van der Waals surface area contributed by atoms with Gasteiger partial charge in [0.2, 0.25) is 11.8 Å². The Balaban J connectivity index is 1.23. The van der Waals surface area contributed by atoms with Crippen molar-refractivity contribution in [3.8, 4) is 0 Å². The molecule has 4 rings (SSSR count). The van der Waals surface area contributed by atoms with Gasteiger partial charge in [0.25, 0.3) is 11.8 Å². The van der Waals surface area contributed by atoms with Gasteiger partial charge in [0, 0.05) is 73.2 Å². The largest absolute Gasteiger partial charge is 0.356 e. The number of hydrogen-bond acceptors (Lipinski definition) is 6. The number of hydrogen-bond donors (Lipinski definition) is 2. The first kappa shape index (κ1) is 46.6. The zero-order chi connectivity index (χ0) is 42.8. The van der Waals surface area contributed by atoms with Gasteiger partial charge in [0.1, 0.15) is 6.04 Å². The number of allylic oxidation sites excluding steroid dienone is 6. The van der Waals surface area contributed by atoms with E-state index in [0.717, 1.165) is 55.6 Å². The fourth-order valence-corrected chi connectivity index (χ4v) is 8.24. The molecule has 0 aromatic heterocycles. The van der Waals surface area contributed by atoms with E-state index in [9.17, 15) is 19.2 Å². The number of nitrogens with zero attached hydrogens (tertiary/aromatic N) is 3. The molecule has 9 heteroatoms. The molecule has 1 unspecified atom stereocenters. The van der Waals surface area contributed by atoms with Crippen LogP contribution in [0.3, 0.4) is 0 Å². The van der Waals surface area contributed by atoms with Crippen LogP contribution in [0, 0.1) is 6.92 Å². The Morgan fingerprint density at radius 3 is 2.20 bits per heavy atom. The molecule has 2 heterocycles. The summed E-state index contributed by atoms with van der Waals surface area (Å²) in [4.78, 5) is 58.9. The van der Waals surface area contributed by atoms with Crippen LogP contribution in [-0.2, 0) is 30.0 Å². The summed E-state index contributed by atoms with van der Waals surface area (Å²) in [5.74, 6) is -1.20. The molecule has 318 valence electrons. The third-order valence-corrected chi connectivity index (χ3v) is 11.7. The summed E-state index contributed by atoms with van der Waals surface area (Å²) in [6.07, 6.45) is 23.0. The lowest BCUT2D eigenvalue weighted by Crippen LogP contribution is -2.49. The second kappa shape index (κ2) is 22.9. The van der Waals surface area contributed by atoms with E-state index in [2.05, 4.69) is 143 Å². The van der Waals surface area contributed by atoms with Gasteiger partial charge in [-0.15, -0.1) is 0 Å². The molecule has 9 nitrogen and oxygen atoms in total. The summed E-state index contributed by atoms with van der Waals surface area (Å²) in [6, 6.07) is 16.2. The fourth-order valence-electron chi connectivity index (χ4n) is 8.24. The van der Waals surface area contributed by atoms with Crippen molar-refractivity contribution in [2.24, 2.45) is 4.99 Å². The molecule has 2 N–H and O–H groups in total. The van der Waals surface area contributed by atoms with Crippen LogP contribution in [0.15, 0.2) is 102 Å². The Morgan fingerprint density at radius 1 is 0.814 bits per heavy atom. The van der Waals surface area contributed by atoms with Crippen LogP contribution in [0.5, 0.6) is 0 Å². The predicted molar refractivity (Wildman–Crippen MR) is 243 cm³/mol.